The zero-order chi connectivity index (χ0) is 11.8. The zero-order valence-corrected chi connectivity index (χ0v) is 10.5. The first-order chi connectivity index (χ1) is 8.27. The van der Waals surface area contributed by atoms with Gasteiger partial charge >= 0.3 is 0 Å². The van der Waals surface area contributed by atoms with Gasteiger partial charge in [0.1, 0.15) is 0 Å². The van der Waals surface area contributed by atoms with E-state index < -0.39 is 0 Å². The Morgan fingerprint density at radius 2 is 2.00 bits per heavy atom. The molecule has 0 aliphatic heterocycles. The topological polar surface area (TPSA) is 12.9 Å². The van der Waals surface area contributed by atoms with Crippen LogP contribution < -0.4 is 0 Å². The maximum absolute atomic E-state index is 4.59. The van der Waals surface area contributed by atoms with Crippen molar-refractivity contribution in [2.45, 2.75) is 33.1 Å². The Balaban J connectivity index is 2.35. The molecule has 0 fully saturated rings. The molecule has 0 unspecified atom stereocenters. The predicted molar refractivity (Wildman–Crippen MR) is 73.0 cm³/mol. The molecule has 0 radical (unpaired) electrons. The van der Waals surface area contributed by atoms with Gasteiger partial charge in [0.05, 0.1) is 5.52 Å². The molecule has 86 valence electrons. The van der Waals surface area contributed by atoms with Crippen LogP contribution in [0.15, 0.2) is 30.5 Å². The summed E-state index contributed by atoms with van der Waals surface area (Å²) in [5.41, 5.74) is 6.66. The molecule has 1 heterocycles. The largest absolute Gasteiger partial charge is 0.256 e. The van der Waals surface area contributed by atoms with Gasteiger partial charge < -0.3 is 0 Å². The van der Waals surface area contributed by atoms with Crippen LogP contribution in [0.25, 0.3) is 16.5 Å². The van der Waals surface area contributed by atoms with E-state index in [-0.39, 0.29) is 0 Å². The number of aromatic nitrogens is 1. The molecule has 1 nitrogen and oxygen atoms in total. The van der Waals surface area contributed by atoms with Gasteiger partial charge in [0.2, 0.25) is 0 Å². The monoisotopic (exact) mass is 223 g/mol. The van der Waals surface area contributed by atoms with Gasteiger partial charge in [-0.3, -0.25) is 4.98 Å². The lowest BCUT2D eigenvalue weighted by Crippen LogP contribution is -1.93. The Hall–Kier alpha value is -1.63. The SMILES string of the molecule is Cc1cnc2c(C)cccc2c1C1=CCCC1. The van der Waals surface area contributed by atoms with Gasteiger partial charge in [-0.25, -0.2) is 0 Å². The third kappa shape index (κ3) is 1.66. The number of para-hydroxylation sites is 1. The molecule has 1 aromatic heterocycles. The van der Waals surface area contributed by atoms with Gasteiger partial charge in [-0.05, 0) is 55.4 Å². The summed E-state index contributed by atoms with van der Waals surface area (Å²) in [7, 11) is 0. The second-order valence-electron chi connectivity index (χ2n) is 4.91. The van der Waals surface area contributed by atoms with E-state index in [4.69, 9.17) is 0 Å². The van der Waals surface area contributed by atoms with E-state index in [0.29, 0.717) is 0 Å². The summed E-state index contributed by atoms with van der Waals surface area (Å²) in [4.78, 5) is 4.59. The van der Waals surface area contributed by atoms with Crippen LogP contribution in [0.5, 0.6) is 0 Å². The van der Waals surface area contributed by atoms with E-state index >= 15 is 0 Å². The second-order valence-corrected chi connectivity index (χ2v) is 4.91. The first-order valence-electron chi connectivity index (χ1n) is 6.31. The minimum atomic E-state index is 1.15. The van der Waals surface area contributed by atoms with Gasteiger partial charge in [-0.15, -0.1) is 0 Å². The van der Waals surface area contributed by atoms with Gasteiger partial charge in [0, 0.05) is 11.6 Å². The molecule has 1 aromatic carbocycles. The number of pyridine rings is 1. The number of rotatable bonds is 1. The number of fused-ring (bicyclic) bond motifs is 1. The fraction of sp³-hybridized carbons (Fsp3) is 0.312. The van der Waals surface area contributed by atoms with Crippen LogP contribution in [0.1, 0.15) is 36.0 Å². The molecule has 0 amide bonds. The summed E-state index contributed by atoms with van der Waals surface area (Å²) in [5, 5.41) is 1.32. The zero-order valence-electron chi connectivity index (χ0n) is 10.5. The first-order valence-corrected chi connectivity index (χ1v) is 6.31. The van der Waals surface area contributed by atoms with Crippen molar-refractivity contribution < 1.29 is 0 Å². The van der Waals surface area contributed by atoms with Crippen molar-refractivity contribution in [3.63, 3.8) is 0 Å². The van der Waals surface area contributed by atoms with E-state index in [2.05, 4.69) is 43.1 Å². The molecule has 0 N–H and O–H groups in total. The number of hydrogen-bond donors (Lipinski definition) is 0. The molecule has 17 heavy (non-hydrogen) atoms. The molecular weight excluding hydrogens is 206 g/mol. The Labute approximate surface area is 102 Å². The maximum Gasteiger partial charge on any atom is 0.0737 e. The average Bonchev–Trinajstić information content (AvgIpc) is 2.82. The number of hydrogen-bond acceptors (Lipinski definition) is 1. The summed E-state index contributed by atoms with van der Waals surface area (Å²) in [6.45, 7) is 4.31. The van der Waals surface area contributed by atoms with E-state index in [0.717, 1.165) is 5.52 Å². The quantitative estimate of drug-likeness (QED) is 0.697. The smallest absolute Gasteiger partial charge is 0.0737 e. The fourth-order valence-corrected chi connectivity index (χ4v) is 2.79. The van der Waals surface area contributed by atoms with Crippen LogP contribution in [-0.4, -0.2) is 4.98 Å². The third-order valence-electron chi connectivity index (χ3n) is 3.65. The minimum absolute atomic E-state index is 1.15. The highest BCUT2D eigenvalue weighted by atomic mass is 14.7. The predicted octanol–water partition coefficient (Wildman–Crippen LogP) is 4.42. The van der Waals surface area contributed by atoms with Crippen molar-refractivity contribution in [3.8, 4) is 0 Å². The summed E-state index contributed by atoms with van der Waals surface area (Å²) >= 11 is 0. The van der Waals surface area contributed by atoms with Crippen LogP contribution in [0.2, 0.25) is 0 Å². The lowest BCUT2D eigenvalue weighted by Gasteiger charge is -2.12. The van der Waals surface area contributed by atoms with Crippen molar-refractivity contribution in [1.82, 2.24) is 4.98 Å². The van der Waals surface area contributed by atoms with Gasteiger partial charge in [-0.1, -0.05) is 24.3 Å². The van der Waals surface area contributed by atoms with Crippen molar-refractivity contribution in [2.75, 3.05) is 0 Å². The Morgan fingerprint density at radius 1 is 1.12 bits per heavy atom. The molecule has 0 bridgehead atoms. The number of aryl methyl sites for hydroxylation is 2. The summed E-state index contributed by atoms with van der Waals surface area (Å²) in [6, 6.07) is 6.48. The first kappa shape index (κ1) is 10.5. The van der Waals surface area contributed by atoms with E-state index in [9.17, 15) is 0 Å². The number of nitrogens with zero attached hydrogens (tertiary/aromatic N) is 1. The van der Waals surface area contributed by atoms with Crippen molar-refractivity contribution >= 4 is 16.5 Å². The van der Waals surface area contributed by atoms with E-state index in [1.807, 2.05) is 6.20 Å². The lowest BCUT2D eigenvalue weighted by atomic mass is 9.95. The highest BCUT2D eigenvalue weighted by Crippen LogP contribution is 2.34. The summed E-state index contributed by atoms with van der Waals surface area (Å²) in [5.74, 6) is 0. The molecule has 0 saturated carbocycles. The second kappa shape index (κ2) is 3.99. The maximum atomic E-state index is 4.59. The Bertz CT molecular complexity index is 608. The van der Waals surface area contributed by atoms with Gasteiger partial charge in [0.15, 0.2) is 0 Å². The van der Waals surface area contributed by atoms with Crippen LogP contribution in [0.4, 0.5) is 0 Å². The minimum Gasteiger partial charge on any atom is -0.256 e. The molecular formula is C16H17N. The Morgan fingerprint density at radius 3 is 2.76 bits per heavy atom. The molecule has 0 atom stereocenters. The molecule has 2 aromatic rings. The highest BCUT2D eigenvalue weighted by molar-refractivity contribution is 5.94. The van der Waals surface area contributed by atoms with Crippen LogP contribution in [0.3, 0.4) is 0 Å². The standard InChI is InChI=1S/C16H17N/c1-11-6-5-9-14-15(13-7-3-4-8-13)12(2)10-17-16(11)14/h5-7,9-10H,3-4,8H2,1-2H3. The van der Waals surface area contributed by atoms with Gasteiger partial charge in [-0.2, -0.15) is 0 Å². The molecule has 0 spiro atoms. The van der Waals surface area contributed by atoms with E-state index in [1.54, 1.807) is 0 Å². The average molecular weight is 223 g/mol. The van der Waals surface area contributed by atoms with Crippen molar-refractivity contribution in [1.29, 1.82) is 0 Å². The molecule has 3 rings (SSSR count). The van der Waals surface area contributed by atoms with Crippen molar-refractivity contribution in [2.24, 2.45) is 0 Å². The van der Waals surface area contributed by atoms with E-state index in [1.165, 1.54) is 46.9 Å². The lowest BCUT2D eigenvalue weighted by molar-refractivity contribution is 0.935. The van der Waals surface area contributed by atoms with Crippen LogP contribution >= 0.6 is 0 Å². The normalized spacial score (nSPS) is 15.3. The summed E-state index contributed by atoms with van der Waals surface area (Å²) < 4.78 is 0. The number of benzene rings is 1. The highest BCUT2D eigenvalue weighted by Gasteiger charge is 2.14. The van der Waals surface area contributed by atoms with Crippen molar-refractivity contribution in [3.05, 3.63) is 47.2 Å². The van der Waals surface area contributed by atoms with Crippen LogP contribution in [0, 0.1) is 13.8 Å². The molecule has 1 aliphatic carbocycles. The molecule has 0 saturated heterocycles. The Kier molecular flexibility index (Phi) is 2.47. The number of allylic oxidation sites excluding steroid dienone is 2. The third-order valence-corrected chi connectivity index (χ3v) is 3.65. The summed E-state index contributed by atoms with van der Waals surface area (Å²) in [6.07, 6.45) is 8.15. The molecule has 1 heteroatoms. The van der Waals surface area contributed by atoms with Crippen LogP contribution in [-0.2, 0) is 0 Å². The molecule has 1 aliphatic rings. The fourth-order valence-electron chi connectivity index (χ4n) is 2.79. The van der Waals surface area contributed by atoms with Gasteiger partial charge in [0.25, 0.3) is 0 Å².